The molecule has 0 fully saturated rings. The molecule has 0 spiro atoms. The van der Waals surface area contributed by atoms with Gasteiger partial charge in [0.05, 0.1) is 0 Å². The Bertz CT molecular complexity index is 379. The lowest BCUT2D eigenvalue weighted by atomic mass is 9.95. The molecule has 0 unspecified atom stereocenters. The standard InChI is InChI=1S/C16H25N/c1-12(2)10-14-7-8-15-6-5-9-17(13(3)4)16(15)11-14/h7-8,11-13H,5-6,9-10H2,1-4H3. The lowest BCUT2D eigenvalue weighted by Crippen LogP contribution is -2.35. The van der Waals surface area contributed by atoms with Gasteiger partial charge >= 0.3 is 0 Å². The van der Waals surface area contributed by atoms with E-state index in [1.165, 1.54) is 42.6 Å². The zero-order valence-electron chi connectivity index (χ0n) is 11.7. The summed E-state index contributed by atoms with van der Waals surface area (Å²) in [6.07, 6.45) is 3.74. The van der Waals surface area contributed by atoms with Crippen LogP contribution in [-0.4, -0.2) is 12.6 Å². The van der Waals surface area contributed by atoms with Crippen molar-refractivity contribution in [3.8, 4) is 0 Å². The van der Waals surface area contributed by atoms with Crippen LogP contribution in [0.1, 0.15) is 45.2 Å². The molecule has 1 aromatic carbocycles. The highest BCUT2D eigenvalue weighted by atomic mass is 15.2. The van der Waals surface area contributed by atoms with Gasteiger partial charge in [-0.05, 0) is 56.2 Å². The van der Waals surface area contributed by atoms with E-state index in [4.69, 9.17) is 0 Å². The van der Waals surface area contributed by atoms with E-state index in [1.807, 2.05) is 0 Å². The number of aryl methyl sites for hydroxylation is 1. The van der Waals surface area contributed by atoms with E-state index >= 15 is 0 Å². The zero-order valence-corrected chi connectivity index (χ0v) is 11.7. The van der Waals surface area contributed by atoms with Gasteiger partial charge < -0.3 is 4.90 Å². The summed E-state index contributed by atoms with van der Waals surface area (Å²) in [5.74, 6) is 0.740. The van der Waals surface area contributed by atoms with E-state index in [0.29, 0.717) is 6.04 Å². The molecule has 1 heterocycles. The summed E-state index contributed by atoms with van der Waals surface area (Å²) in [6.45, 7) is 10.4. The molecule has 0 saturated heterocycles. The van der Waals surface area contributed by atoms with Crippen LogP contribution in [0.2, 0.25) is 0 Å². The molecule has 0 amide bonds. The minimum absolute atomic E-state index is 0.614. The first-order valence-electron chi connectivity index (χ1n) is 6.96. The van der Waals surface area contributed by atoms with Crippen molar-refractivity contribution in [3.05, 3.63) is 29.3 Å². The second-order valence-electron chi connectivity index (χ2n) is 5.95. The van der Waals surface area contributed by atoms with E-state index in [2.05, 4.69) is 50.8 Å². The van der Waals surface area contributed by atoms with Crippen LogP contribution in [0.4, 0.5) is 5.69 Å². The molecule has 94 valence electrons. The number of hydrogen-bond donors (Lipinski definition) is 0. The molecule has 1 aliphatic heterocycles. The Morgan fingerprint density at radius 2 is 1.94 bits per heavy atom. The minimum Gasteiger partial charge on any atom is -0.369 e. The van der Waals surface area contributed by atoms with E-state index in [0.717, 1.165) is 5.92 Å². The Morgan fingerprint density at radius 3 is 2.59 bits per heavy atom. The maximum absolute atomic E-state index is 2.56. The molecule has 0 atom stereocenters. The van der Waals surface area contributed by atoms with Crippen molar-refractivity contribution in [1.29, 1.82) is 0 Å². The van der Waals surface area contributed by atoms with Gasteiger partial charge in [0.2, 0.25) is 0 Å². The third-order valence-electron chi connectivity index (χ3n) is 3.57. The van der Waals surface area contributed by atoms with Crippen molar-refractivity contribution in [1.82, 2.24) is 0 Å². The minimum atomic E-state index is 0.614. The van der Waals surface area contributed by atoms with Crippen molar-refractivity contribution in [3.63, 3.8) is 0 Å². The van der Waals surface area contributed by atoms with Crippen LogP contribution in [0.25, 0.3) is 0 Å². The first kappa shape index (κ1) is 12.5. The van der Waals surface area contributed by atoms with Crippen molar-refractivity contribution >= 4 is 5.69 Å². The van der Waals surface area contributed by atoms with Gasteiger partial charge in [-0.25, -0.2) is 0 Å². The van der Waals surface area contributed by atoms with E-state index in [1.54, 1.807) is 0 Å². The fraction of sp³-hybridized carbons (Fsp3) is 0.625. The van der Waals surface area contributed by atoms with Crippen molar-refractivity contribution in [2.45, 2.75) is 53.0 Å². The Hall–Kier alpha value is -0.980. The molecule has 17 heavy (non-hydrogen) atoms. The van der Waals surface area contributed by atoms with Gasteiger partial charge in [-0.3, -0.25) is 0 Å². The highest BCUT2D eigenvalue weighted by Crippen LogP contribution is 2.30. The molecule has 2 rings (SSSR count). The zero-order chi connectivity index (χ0) is 12.4. The molecule has 1 heteroatoms. The van der Waals surface area contributed by atoms with E-state index in [-0.39, 0.29) is 0 Å². The third kappa shape index (κ3) is 2.83. The summed E-state index contributed by atoms with van der Waals surface area (Å²) < 4.78 is 0. The summed E-state index contributed by atoms with van der Waals surface area (Å²) in [7, 11) is 0. The highest BCUT2D eigenvalue weighted by molar-refractivity contribution is 5.57. The average molecular weight is 231 g/mol. The lowest BCUT2D eigenvalue weighted by molar-refractivity contribution is 0.620. The molecular formula is C16H25N. The summed E-state index contributed by atoms with van der Waals surface area (Å²) in [5, 5.41) is 0. The molecule has 0 aliphatic carbocycles. The lowest BCUT2D eigenvalue weighted by Gasteiger charge is -2.35. The van der Waals surface area contributed by atoms with Gasteiger partial charge in [-0.2, -0.15) is 0 Å². The predicted molar refractivity (Wildman–Crippen MR) is 75.8 cm³/mol. The Kier molecular flexibility index (Phi) is 3.76. The summed E-state index contributed by atoms with van der Waals surface area (Å²) in [5.41, 5.74) is 4.52. The molecule has 0 radical (unpaired) electrons. The fourth-order valence-corrected chi connectivity index (χ4v) is 2.78. The summed E-state index contributed by atoms with van der Waals surface area (Å²) in [6, 6.07) is 7.71. The fourth-order valence-electron chi connectivity index (χ4n) is 2.78. The number of benzene rings is 1. The number of anilines is 1. The SMILES string of the molecule is CC(C)Cc1ccc2c(c1)N(C(C)C)CCC2. The topological polar surface area (TPSA) is 3.24 Å². The van der Waals surface area contributed by atoms with E-state index in [9.17, 15) is 0 Å². The van der Waals surface area contributed by atoms with Crippen LogP contribution in [0.5, 0.6) is 0 Å². The van der Waals surface area contributed by atoms with Crippen LogP contribution >= 0.6 is 0 Å². The smallest absolute Gasteiger partial charge is 0.0403 e. The van der Waals surface area contributed by atoms with Crippen molar-refractivity contribution in [2.75, 3.05) is 11.4 Å². The Labute approximate surface area is 106 Å². The Morgan fingerprint density at radius 1 is 1.18 bits per heavy atom. The number of rotatable bonds is 3. The first-order chi connectivity index (χ1) is 8.08. The Balaban J connectivity index is 2.30. The number of hydrogen-bond acceptors (Lipinski definition) is 1. The summed E-state index contributed by atoms with van der Waals surface area (Å²) in [4.78, 5) is 2.56. The third-order valence-corrected chi connectivity index (χ3v) is 3.57. The van der Waals surface area contributed by atoms with Crippen LogP contribution in [-0.2, 0) is 12.8 Å². The van der Waals surface area contributed by atoms with Gasteiger partial charge in [0, 0.05) is 18.3 Å². The van der Waals surface area contributed by atoms with Gasteiger partial charge in [0.1, 0.15) is 0 Å². The molecule has 1 nitrogen and oxygen atoms in total. The second-order valence-corrected chi connectivity index (χ2v) is 5.95. The largest absolute Gasteiger partial charge is 0.369 e. The summed E-state index contributed by atoms with van der Waals surface area (Å²) >= 11 is 0. The predicted octanol–water partition coefficient (Wildman–Crippen LogP) is 4.05. The quantitative estimate of drug-likeness (QED) is 0.758. The second kappa shape index (κ2) is 5.12. The normalized spacial score (nSPS) is 15.5. The molecule has 0 saturated carbocycles. The maximum atomic E-state index is 2.56. The van der Waals surface area contributed by atoms with E-state index < -0.39 is 0 Å². The van der Waals surface area contributed by atoms with Gasteiger partial charge in [0.15, 0.2) is 0 Å². The molecule has 0 N–H and O–H groups in total. The van der Waals surface area contributed by atoms with Crippen LogP contribution in [0.3, 0.4) is 0 Å². The van der Waals surface area contributed by atoms with Crippen LogP contribution < -0.4 is 4.90 Å². The molecule has 0 aromatic heterocycles. The van der Waals surface area contributed by atoms with Crippen LogP contribution in [0.15, 0.2) is 18.2 Å². The number of fused-ring (bicyclic) bond motifs is 1. The van der Waals surface area contributed by atoms with Gasteiger partial charge in [-0.15, -0.1) is 0 Å². The monoisotopic (exact) mass is 231 g/mol. The average Bonchev–Trinajstić information content (AvgIpc) is 2.27. The first-order valence-corrected chi connectivity index (χ1v) is 6.96. The molecule has 1 aliphatic rings. The van der Waals surface area contributed by atoms with Crippen molar-refractivity contribution < 1.29 is 0 Å². The maximum Gasteiger partial charge on any atom is 0.0403 e. The number of nitrogens with zero attached hydrogens (tertiary/aromatic N) is 1. The van der Waals surface area contributed by atoms with Gasteiger partial charge in [-0.1, -0.05) is 26.0 Å². The molecule has 1 aromatic rings. The van der Waals surface area contributed by atoms with Crippen molar-refractivity contribution in [2.24, 2.45) is 5.92 Å². The highest BCUT2D eigenvalue weighted by Gasteiger charge is 2.19. The molecular weight excluding hydrogens is 206 g/mol. The van der Waals surface area contributed by atoms with Crippen LogP contribution in [0, 0.1) is 5.92 Å². The van der Waals surface area contributed by atoms with Gasteiger partial charge in [0.25, 0.3) is 0 Å². The molecule has 0 bridgehead atoms.